The molecule has 3 N–H and O–H groups in total. The van der Waals surface area contributed by atoms with Gasteiger partial charge in [-0.2, -0.15) is 0 Å². The van der Waals surface area contributed by atoms with Crippen molar-refractivity contribution in [2.24, 2.45) is 5.92 Å². The molecule has 1 aromatic carbocycles. The highest BCUT2D eigenvalue weighted by atomic mass is 32.1. The number of hydrazine groups is 1. The van der Waals surface area contributed by atoms with Crippen LogP contribution in [0.3, 0.4) is 0 Å². The van der Waals surface area contributed by atoms with Crippen molar-refractivity contribution in [3.8, 4) is 0 Å². The molecule has 1 amide bonds. The number of amides is 1. The maximum atomic E-state index is 12.0. The van der Waals surface area contributed by atoms with Crippen LogP contribution in [0.2, 0.25) is 0 Å². The number of thiocarbonyl (C=S) groups is 1. The lowest BCUT2D eigenvalue weighted by molar-refractivity contribution is -0.125. The highest BCUT2D eigenvalue weighted by Crippen LogP contribution is 2.26. The van der Waals surface area contributed by atoms with Gasteiger partial charge in [0, 0.05) is 12.5 Å². The van der Waals surface area contributed by atoms with Crippen LogP contribution in [0.5, 0.6) is 0 Å². The van der Waals surface area contributed by atoms with Crippen molar-refractivity contribution in [1.82, 2.24) is 16.2 Å². The van der Waals surface area contributed by atoms with Gasteiger partial charge in [0.15, 0.2) is 5.11 Å². The summed E-state index contributed by atoms with van der Waals surface area (Å²) < 4.78 is 0. The average Bonchev–Trinajstić information content (AvgIpc) is 2.80. The van der Waals surface area contributed by atoms with Crippen molar-refractivity contribution >= 4 is 23.2 Å². The lowest BCUT2D eigenvalue weighted by atomic mass is 10.1. The van der Waals surface area contributed by atoms with Crippen molar-refractivity contribution in [1.29, 1.82) is 0 Å². The molecular formula is C13H17N3OS. The summed E-state index contributed by atoms with van der Waals surface area (Å²) in [6, 6.07) is 8.19. The average molecular weight is 263 g/mol. The maximum absolute atomic E-state index is 12.0. The van der Waals surface area contributed by atoms with Gasteiger partial charge in [-0.1, -0.05) is 24.3 Å². The predicted molar refractivity (Wildman–Crippen MR) is 74.9 cm³/mol. The van der Waals surface area contributed by atoms with E-state index in [9.17, 15) is 4.79 Å². The van der Waals surface area contributed by atoms with Gasteiger partial charge in [0.2, 0.25) is 5.91 Å². The Morgan fingerprint density at radius 2 is 1.89 bits per heavy atom. The highest BCUT2D eigenvalue weighted by molar-refractivity contribution is 7.80. The van der Waals surface area contributed by atoms with Crippen LogP contribution in [0.1, 0.15) is 18.1 Å². The van der Waals surface area contributed by atoms with Gasteiger partial charge < -0.3 is 5.32 Å². The highest BCUT2D eigenvalue weighted by Gasteiger charge is 2.26. The molecule has 4 nitrogen and oxygen atoms in total. The molecule has 0 heterocycles. The second-order valence-corrected chi connectivity index (χ2v) is 4.76. The van der Waals surface area contributed by atoms with Crippen molar-refractivity contribution in [2.75, 3.05) is 6.54 Å². The molecule has 18 heavy (non-hydrogen) atoms. The smallest absolute Gasteiger partial charge is 0.242 e. The molecule has 0 atom stereocenters. The summed E-state index contributed by atoms with van der Waals surface area (Å²) >= 11 is 4.98. The van der Waals surface area contributed by atoms with Gasteiger partial charge in [-0.05, 0) is 43.1 Å². The summed E-state index contributed by atoms with van der Waals surface area (Å²) in [6.07, 6.45) is 1.61. The Balaban J connectivity index is 1.84. The summed E-state index contributed by atoms with van der Waals surface area (Å²) in [5.74, 6) is -0.00854. The molecule has 0 saturated carbocycles. The summed E-state index contributed by atoms with van der Waals surface area (Å²) in [5, 5.41) is 3.36. The lowest BCUT2D eigenvalue weighted by Gasteiger charge is -2.13. The largest absolute Gasteiger partial charge is 0.362 e. The minimum atomic E-state index is -0.00791. The SMILES string of the molecule is CCNC(=S)NNC(=O)C1Cc2ccccc2C1. The van der Waals surface area contributed by atoms with Crippen molar-refractivity contribution in [2.45, 2.75) is 19.8 Å². The molecule has 0 spiro atoms. The number of nitrogens with one attached hydrogen (secondary N) is 3. The quantitative estimate of drug-likeness (QED) is 0.548. The van der Waals surface area contributed by atoms with E-state index in [1.54, 1.807) is 0 Å². The van der Waals surface area contributed by atoms with E-state index < -0.39 is 0 Å². The molecule has 5 heteroatoms. The molecule has 0 bridgehead atoms. The molecule has 0 aromatic heterocycles. The van der Waals surface area contributed by atoms with Crippen LogP contribution >= 0.6 is 12.2 Å². The van der Waals surface area contributed by atoms with Crippen LogP contribution in [-0.2, 0) is 17.6 Å². The van der Waals surface area contributed by atoms with Gasteiger partial charge in [-0.25, -0.2) is 0 Å². The normalized spacial score (nSPS) is 13.8. The first-order chi connectivity index (χ1) is 8.70. The van der Waals surface area contributed by atoms with E-state index in [1.165, 1.54) is 11.1 Å². The Bertz CT molecular complexity index is 436. The third kappa shape index (κ3) is 2.98. The monoisotopic (exact) mass is 263 g/mol. The molecule has 0 unspecified atom stereocenters. The Morgan fingerprint density at radius 3 is 2.44 bits per heavy atom. The first-order valence-electron chi connectivity index (χ1n) is 6.11. The van der Waals surface area contributed by atoms with Crippen molar-refractivity contribution in [3.05, 3.63) is 35.4 Å². The van der Waals surface area contributed by atoms with E-state index in [1.807, 2.05) is 19.1 Å². The Hall–Kier alpha value is -1.62. The van der Waals surface area contributed by atoms with Gasteiger partial charge in [0.05, 0.1) is 0 Å². The van der Waals surface area contributed by atoms with Gasteiger partial charge >= 0.3 is 0 Å². The molecule has 0 aliphatic heterocycles. The second kappa shape index (κ2) is 5.82. The molecule has 0 saturated heterocycles. The van der Waals surface area contributed by atoms with Gasteiger partial charge in [0.25, 0.3) is 0 Å². The number of rotatable bonds is 2. The van der Waals surface area contributed by atoms with Crippen LogP contribution in [0, 0.1) is 5.92 Å². The summed E-state index contributed by atoms with van der Waals surface area (Å²) in [5.41, 5.74) is 7.90. The number of carbonyl (C=O) groups is 1. The van der Waals surface area contributed by atoms with Crippen LogP contribution in [0.4, 0.5) is 0 Å². The molecule has 1 aliphatic rings. The van der Waals surface area contributed by atoms with Gasteiger partial charge in [-0.3, -0.25) is 15.6 Å². The summed E-state index contributed by atoms with van der Waals surface area (Å²) in [7, 11) is 0. The molecular weight excluding hydrogens is 246 g/mol. The molecule has 1 aromatic rings. The van der Waals surface area contributed by atoms with E-state index in [-0.39, 0.29) is 11.8 Å². The standard InChI is InChI=1S/C13H17N3OS/c1-2-14-13(18)16-15-12(17)11-7-9-5-3-4-6-10(9)8-11/h3-6,11H,2,7-8H2,1H3,(H,15,17)(H2,14,16,18). The van der Waals surface area contributed by atoms with Crippen molar-refractivity contribution in [3.63, 3.8) is 0 Å². The zero-order valence-corrected chi connectivity index (χ0v) is 11.1. The van der Waals surface area contributed by atoms with E-state index in [0.717, 1.165) is 19.4 Å². The second-order valence-electron chi connectivity index (χ2n) is 4.35. The van der Waals surface area contributed by atoms with Crippen LogP contribution in [-0.4, -0.2) is 17.6 Å². The molecule has 0 radical (unpaired) electrons. The zero-order valence-electron chi connectivity index (χ0n) is 10.3. The molecule has 1 aliphatic carbocycles. The number of hydrogen-bond acceptors (Lipinski definition) is 2. The van der Waals surface area contributed by atoms with Crippen LogP contribution in [0.25, 0.3) is 0 Å². The number of benzene rings is 1. The molecule has 2 rings (SSSR count). The van der Waals surface area contributed by atoms with Crippen LogP contribution < -0.4 is 16.2 Å². The fourth-order valence-corrected chi connectivity index (χ4v) is 2.36. The van der Waals surface area contributed by atoms with E-state index >= 15 is 0 Å². The fourth-order valence-electron chi connectivity index (χ4n) is 2.17. The number of hydrogen-bond donors (Lipinski definition) is 3. The molecule has 96 valence electrons. The van der Waals surface area contributed by atoms with E-state index in [4.69, 9.17) is 12.2 Å². The van der Waals surface area contributed by atoms with E-state index in [2.05, 4.69) is 28.3 Å². The van der Waals surface area contributed by atoms with E-state index in [0.29, 0.717) is 5.11 Å². The third-order valence-electron chi connectivity index (χ3n) is 3.06. The zero-order chi connectivity index (χ0) is 13.0. The Morgan fingerprint density at radius 1 is 1.28 bits per heavy atom. The molecule has 0 fully saturated rings. The number of carbonyl (C=O) groups excluding carboxylic acids is 1. The Kier molecular flexibility index (Phi) is 4.15. The lowest BCUT2D eigenvalue weighted by Crippen LogP contribution is -2.48. The fraction of sp³-hybridized carbons (Fsp3) is 0.385. The van der Waals surface area contributed by atoms with Gasteiger partial charge in [0.1, 0.15) is 0 Å². The van der Waals surface area contributed by atoms with Gasteiger partial charge in [-0.15, -0.1) is 0 Å². The number of fused-ring (bicyclic) bond motifs is 1. The summed E-state index contributed by atoms with van der Waals surface area (Å²) in [4.78, 5) is 12.0. The van der Waals surface area contributed by atoms with Crippen LogP contribution in [0.15, 0.2) is 24.3 Å². The first kappa shape index (κ1) is 12.8. The third-order valence-corrected chi connectivity index (χ3v) is 3.30. The summed E-state index contributed by atoms with van der Waals surface area (Å²) in [6.45, 7) is 2.68. The topological polar surface area (TPSA) is 53.2 Å². The predicted octanol–water partition coefficient (Wildman–Crippen LogP) is 0.917. The maximum Gasteiger partial charge on any atom is 0.242 e. The Labute approximate surface area is 112 Å². The minimum Gasteiger partial charge on any atom is -0.362 e. The minimum absolute atomic E-state index is 0.000624. The van der Waals surface area contributed by atoms with Crippen molar-refractivity contribution < 1.29 is 4.79 Å². The first-order valence-corrected chi connectivity index (χ1v) is 6.52.